The topological polar surface area (TPSA) is 44.9 Å². The summed E-state index contributed by atoms with van der Waals surface area (Å²) in [4.78, 5) is 4.88. The average molecular weight is 854 g/mol. The van der Waals surface area contributed by atoms with Crippen LogP contribution < -0.4 is 4.74 Å². The summed E-state index contributed by atoms with van der Waals surface area (Å²) in [7, 11) is 0. The van der Waals surface area contributed by atoms with Crippen molar-refractivity contribution < 1.29 is 25.8 Å². The minimum absolute atomic E-state index is 0. The van der Waals surface area contributed by atoms with E-state index in [1.165, 1.54) is 35.8 Å². The molecule has 0 radical (unpaired) electrons. The Hall–Kier alpha value is -4.47. The molecule has 3 heterocycles. The molecule has 0 amide bonds. The van der Waals surface area contributed by atoms with Crippen molar-refractivity contribution in [1.82, 2.24) is 19.3 Å². The van der Waals surface area contributed by atoms with E-state index >= 15 is 0 Å². The smallest absolute Gasteiger partial charge is 0.509 e. The van der Waals surface area contributed by atoms with Crippen LogP contribution >= 0.6 is 0 Å². The number of nitrogens with zero attached hydrogens (tertiary/aromatic N) is 4. The molecule has 0 unspecified atom stereocenters. The minimum Gasteiger partial charge on any atom is -0.509 e. The zero-order valence-corrected chi connectivity index (χ0v) is 32.9. The van der Waals surface area contributed by atoms with Crippen LogP contribution in [0, 0.1) is 31.9 Å². The normalized spacial score (nSPS) is 11.8. The first-order valence-electron chi connectivity index (χ1n) is 17.9. The van der Waals surface area contributed by atoms with Gasteiger partial charge in [-0.15, -0.1) is 35.7 Å². The molecular formula is C45H46N4OPt. The number of hydrogen-bond donors (Lipinski definition) is 0. The van der Waals surface area contributed by atoms with Gasteiger partial charge in [0.25, 0.3) is 0 Å². The Kier molecular flexibility index (Phi) is 10.7. The molecule has 3 aromatic heterocycles. The Morgan fingerprint density at radius 1 is 0.804 bits per heavy atom. The molecule has 6 heteroatoms. The Morgan fingerprint density at radius 2 is 1.59 bits per heavy atom. The van der Waals surface area contributed by atoms with Gasteiger partial charge in [0.2, 0.25) is 0 Å². The van der Waals surface area contributed by atoms with Gasteiger partial charge in [0.05, 0.1) is 5.69 Å². The molecule has 0 N–H and O–H groups in total. The van der Waals surface area contributed by atoms with Crippen molar-refractivity contribution in [3.63, 3.8) is 0 Å². The van der Waals surface area contributed by atoms with Crippen LogP contribution in [0.4, 0.5) is 0 Å². The zero-order chi connectivity index (χ0) is 35.0. The zero-order valence-electron chi connectivity index (χ0n) is 30.7. The fourth-order valence-corrected chi connectivity index (χ4v) is 6.95. The first-order chi connectivity index (χ1) is 24.1. The largest absolute Gasteiger partial charge is 2.00 e. The maximum absolute atomic E-state index is 6.50. The van der Waals surface area contributed by atoms with Crippen LogP contribution in [0.3, 0.4) is 0 Å². The van der Waals surface area contributed by atoms with Gasteiger partial charge in [-0.05, 0) is 84.0 Å². The summed E-state index contributed by atoms with van der Waals surface area (Å²) in [5, 5.41) is 7.23. The predicted octanol–water partition coefficient (Wildman–Crippen LogP) is 11.7. The van der Waals surface area contributed by atoms with Crippen molar-refractivity contribution in [2.45, 2.75) is 79.6 Å². The second-order valence-electron chi connectivity index (χ2n) is 14.9. The van der Waals surface area contributed by atoms with Gasteiger partial charge < -0.3 is 9.30 Å². The molecule has 0 bridgehead atoms. The van der Waals surface area contributed by atoms with Crippen molar-refractivity contribution in [3.8, 4) is 34.1 Å². The van der Waals surface area contributed by atoms with Crippen molar-refractivity contribution in [2.24, 2.45) is 5.92 Å². The van der Waals surface area contributed by atoms with Crippen molar-refractivity contribution in [2.75, 3.05) is 0 Å². The Bertz CT molecular complexity index is 2290. The Morgan fingerprint density at radius 3 is 2.35 bits per heavy atom. The van der Waals surface area contributed by atoms with Gasteiger partial charge in [-0.1, -0.05) is 95.4 Å². The van der Waals surface area contributed by atoms with Crippen LogP contribution in [-0.2, 0) is 32.9 Å². The molecule has 51 heavy (non-hydrogen) atoms. The van der Waals surface area contributed by atoms with E-state index in [4.69, 9.17) is 14.8 Å². The molecule has 0 saturated heterocycles. The minimum atomic E-state index is -0.00816. The molecule has 0 aliphatic carbocycles. The summed E-state index contributed by atoms with van der Waals surface area (Å²) in [5.74, 6) is 2.84. The van der Waals surface area contributed by atoms with Crippen molar-refractivity contribution in [3.05, 3.63) is 132 Å². The summed E-state index contributed by atoms with van der Waals surface area (Å²) >= 11 is 0. The van der Waals surface area contributed by atoms with Gasteiger partial charge >= 0.3 is 21.1 Å². The Balaban J connectivity index is 0.00000448. The predicted molar refractivity (Wildman–Crippen MR) is 206 cm³/mol. The fourth-order valence-electron chi connectivity index (χ4n) is 6.95. The number of fused-ring (bicyclic) bond motifs is 3. The van der Waals surface area contributed by atoms with E-state index in [9.17, 15) is 0 Å². The van der Waals surface area contributed by atoms with E-state index in [1.807, 2.05) is 41.2 Å². The molecule has 0 saturated carbocycles. The van der Waals surface area contributed by atoms with Crippen LogP contribution in [0.25, 0.3) is 44.4 Å². The fraction of sp³-hybridized carbons (Fsp3) is 0.289. The molecule has 4 aromatic carbocycles. The number of unbranched alkanes of at least 4 members (excludes halogenated alkanes) is 1. The number of aromatic nitrogens is 4. The molecule has 0 aliphatic heterocycles. The standard InChI is InChI=1S/C45H46N4O.Pt/c1-30(2)14-11-12-15-33-20-23-41-40(26-33)39-22-21-38(29-42(39)48(41)43-27-35(24-25-46-43)45(5,6)7)50-37-19-13-18-36(28-37)49-32(4)44(31(3)47-49)34-16-9-8-10-17-34;/h8-10,13,16-27,30H,11-12,14-15H2,1-7H3;/q-2;+2. The van der Waals surface area contributed by atoms with E-state index in [2.05, 4.69) is 126 Å². The first-order valence-corrected chi connectivity index (χ1v) is 17.9. The van der Waals surface area contributed by atoms with Gasteiger partial charge in [-0.25, -0.2) is 4.98 Å². The summed E-state index contributed by atoms with van der Waals surface area (Å²) in [6.07, 6.45) is 6.71. The third-order valence-electron chi connectivity index (χ3n) is 9.61. The van der Waals surface area contributed by atoms with E-state index in [0.717, 1.165) is 62.8 Å². The molecule has 0 atom stereocenters. The Labute approximate surface area is 317 Å². The third kappa shape index (κ3) is 7.60. The quantitative estimate of drug-likeness (QED) is 0.102. The molecule has 7 rings (SSSR count). The number of ether oxygens (including phenoxy) is 1. The van der Waals surface area contributed by atoms with Crippen LogP contribution in [0.5, 0.6) is 11.5 Å². The monoisotopic (exact) mass is 853 g/mol. The van der Waals surface area contributed by atoms with Gasteiger partial charge in [-0.3, -0.25) is 4.68 Å². The summed E-state index contributed by atoms with van der Waals surface area (Å²) < 4.78 is 10.7. The van der Waals surface area contributed by atoms with Gasteiger partial charge in [0, 0.05) is 34.5 Å². The molecule has 0 fully saturated rings. The molecule has 262 valence electrons. The van der Waals surface area contributed by atoms with E-state index in [-0.39, 0.29) is 26.5 Å². The van der Waals surface area contributed by atoms with Crippen LogP contribution in [0.2, 0.25) is 0 Å². The number of hydrogen-bond acceptors (Lipinski definition) is 3. The first kappa shape index (κ1) is 36.3. The maximum Gasteiger partial charge on any atom is 2.00 e. The van der Waals surface area contributed by atoms with E-state index in [1.54, 1.807) is 0 Å². The molecule has 0 spiro atoms. The summed E-state index contributed by atoms with van der Waals surface area (Å²) in [5.41, 5.74) is 9.80. The number of benzene rings is 4. The molecule has 5 nitrogen and oxygen atoms in total. The maximum atomic E-state index is 6.50. The van der Waals surface area contributed by atoms with Gasteiger partial charge in [-0.2, -0.15) is 17.2 Å². The molecular weight excluding hydrogens is 808 g/mol. The van der Waals surface area contributed by atoms with Crippen LogP contribution in [-0.4, -0.2) is 19.3 Å². The van der Waals surface area contributed by atoms with Crippen LogP contribution in [0.15, 0.2) is 97.2 Å². The summed E-state index contributed by atoms with van der Waals surface area (Å²) in [6, 6.07) is 38.8. The second kappa shape index (κ2) is 15.0. The van der Waals surface area contributed by atoms with E-state index in [0.29, 0.717) is 11.5 Å². The van der Waals surface area contributed by atoms with E-state index < -0.39 is 0 Å². The number of pyridine rings is 1. The van der Waals surface area contributed by atoms with Crippen LogP contribution in [0.1, 0.15) is 76.4 Å². The third-order valence-corrected chi connectivity index (χ3v) is 9.61. The number of aryl methyl sites for hydroxylation is 2. The van der Waals surface area contributed by atoms with Crippen molar-refractivity contribution in [1.29, 1.82) is 0 Å². The number of rotatable bonds is 10. The van der Waals surface area contributed by atoms with Crippen molar-refractivity contribution >= 4 is 21.8 Å². The molecule has 0 aliphatic rings. The van der Waals surface area contributed by atoms with Gasteiger partial charge in [0.1, 0.15) is 5.82 Å². The summed E-state index contributed by atoms with van der Waals surface area (Å²) in [6.45, 7) is 15.5. The molecule has 7 aromatic rings. The SMILES string of the molecule is Cc1nn(-c2[c-]c(Oc3[c-]c4c(cc3)c3cc(CCCCC(C)C)ccc3n4-c3cc(C(C)(C)C)ccn3)ccc2)c(C)c1-c1ccccc1.[Pt+2]. The second-order valence-corrected chi connectivity index (χ2v) is 14.9. The van der Waals surface area contributed by atoms with Gasteiger partial charge in [0.15, 0.2) is 0 Å². The average Bonchev–Trinajstić information content (AvgIpc) is 3.58.